The first kappa shape index (κ1) is 16.9. The monoisotopic (exact) mass is 275 g/mol. The fourth-order valence-corrected chi connectivity index (χ4v) is 2.93. The minimum absolute atomic E-state index is 0.0685. The summed E-state index contributed by atoms with van der Waals surface area (Å²) in [5, 5.41) is 0. The van der Waals surface area contributed by atoms with Crippen LogP contribution in [0.1, 0.15) is 50.3 Å². The van der Waals surface area contributed by atoms with Gasteiger partial charge in [-0.15, -0.1) is 0 Å². The van der Waals surface area contributed by atoms with Crippen LogP contribution >= 0.6 is 0 Å². The van der Waals surface area contributed by atoms with Crippen LogP contribution in [0.4, 0.5) is 0 Å². The molecule has 1 aromatic rings. The van der Waals surface area contributed by atoms with Gasteiger partial charge in [-0.05, 0) is 56.5 Å². The van der Waals surface area contributed by atoms with Crippen molar-refractivity contribution in [1.82, 2.24) is 4.90 Å². The van der Waals surface area contributed by atoms with E-state index in [-0.39, 0.29) is 6.04 Å². The molecule has 1 rings (SSSR count). The van der Waals surface area contributed by atoms with E-state index in [1.807, 2.05) is 0 Å². The molecule has 1 aromatic carbocycles. The standard InChI is InChI=1S/C18H29NO/c1-6-12-19(8-3)17(7-2)18(20)13-16-14(4)10-9-11-15(16)5/h9-11,17H,6-8,12-13H2,1-5H3. The Morgan fingerprint density at radius 2 is 1.75 bits per heavy atom. The highest BCUT2D eigenvalue weighted by Crippen LogP contribution is 2.17. The van der Waals surface area contributed by atoms with Crippen LogP contribution in [0.2, 0.25) is 0 Å². The highest BCUT2D eigenvalue weighted by atomic mass is 16.1. The molecule has 20 heavy (non-hydrogen) atoms. The zero-order valence-electron chi connectivity index (χ0n) is 13.7. The Bertz CT molecular complexity index is 419. The lowest BCUT2D eigenvalue weighted by Crippen LogP contribution is -2.42. The molecule has 0 amide bonds. The number of likely N-dealkylation sites (N-methyl/N-ethyl adjacent to an activating group) is 1. The average Bonchev–Trinajstić information content (AvgIpc) is 2.42. The summed E-state index contributed by atoms with van der Waals surface area (Å²) < 4.78 is 0. The van der Waals surface area contributed by atoms with Gasteiger partial charge in [-0.3, -0.25) is 9.69 Å². The van der Waals surface area contributed by atoms with Gasteiger partial charge in [-0.2, -0.15) is 0 Å². The van der Waals surface area contributed by atoms with Gasteiger partial charge < -0.3 is 0 Å². The summed E-state index contributed by atoms with van der Waals surface area (Å²) in [7, 11) is 0. The van der Waals surface area contributed by atoms with Gasteiger partial charge in [0.25, 0.3) is 0 Å². The summed E-state index contributed by atoms with van der Waals surface area (Å²) in [4.78, 5) is 15.0. The van der Waals surface area contributed by atoms with Gasteiger partial charge in [0.1, 0.15) is 0 Å². The number of carbonyl (C=O) groups excluding carboxylic acids is 1. The first-order valence-electron chi connectivity index (χ1n) is 7.86. The fourth-order valence-electron chi connectivity index (χ4n) is 2.93. The van der Waals surface area contributed by atoms with Gasteiger partial charge in [0.05, 0.1) is 6.04 Å². The lowest BCUT2D eigenvalue weighted by atomic mass is 9.94. The summed E-state index contributed by atoms with van der Waals surface area (Å²) in [5.74, 6) is 0.361. The van der Waals surface area contributed by atoms with Gasteiger partial charge in [0, 0.05) is 6.42 Å². The smallest absolute Gasteiger partial charge is 0.154 e. The quantitative estimate of drug-likeness (QED) is 0.716. The van der Waals surface area contributed by atoms with Gasteiger partial charge in [0.2, 0.25) is 0 Å². The average molecular weight is 275 g/mol. The Kier molecular flexibility index (Phi) is 6.94. The molecule has 0 heterocycles. The predicted molar refractivity (Wildman–Crippen MR) is 86.2 cm³/mol. The van der Waals surface area contributed by atoms with E-state index < -0.39 is 0 Å². The van der Waals surface area contributed by atoms with Crippen molar-refractivity contribution in [2.45, 2.75) is 59.9 Å². The Morgan fingerprint density at radius 3 is 2.20 bits per heavy atom. The number of hydrogen-bond acceptors (Lipinski definition) is 2. The normalized spacial score (nSPS) is 12.7. The number of carbonyl (C=O) groups is 1. The number of benzene rings is 1. The van der Waals surface area contributed by atoms with Crippen LogP contribution in [0.15, 0.2) is 18.2 Å². The maximum absolute atomic E-state index is 12.7. The molecule has 0 aliphatic carbocycles. The Morgan fingerprint density at radius 1 is 1.15 bits per heavy atom. The van der Waals surface area contributed by atoms with Crippen LogP contribution in [-0.4, -0.2) is 29.8 Å². The number of Topliss-reactive ketones (excluding diaryl/α,β-unsaturated/α-hetero) is 1. The van der Waals surface area contributed by atoms with E-state index in [0.717, 1.165) is 25.9 Å². The van der Waals surface area contributed by atoms with E-state index in [1.54, 1.807) is 0 Å². The van der Waals surface area contributed by atoms with Crippen molar-refractivity contribution in [2.75, 3.05) is 13.1 Å². The molecular formula is C18H29NO. The number of rotatable bonds is 8. The number of ketones is 1. The second-order valence-electron chi connectivity index (χ2n) is 5.57. The second-order valence-corrected chi connectivity index (χ2v) is 5.57. The molecule has 0 radical (unpaired) electrons. The SMILES string of the molecule is CCCN(CC)C(CC)C(=O)Cc1c(C)cccc1C. The zero-order chi connectivity index (χ0) is 15.1. The Hall–Kier alpha value is -1.15. The van der Waals surface area contributed by atoms with Crippen LogP contribution in [-0.2, 0) is 11.2 Å². The van der Waals surface area contributed by atoms with E-state index >= 15 is 0 Å². The first-order chi connectivity index (χ1) is 9.54. The number of nitrogens with zero attached hydrogens (tertiary/aromatic N) is 1. The predicted octanol–water partition coefficient (Wildman–Crippen LogP) is 3.93. The maximum Gasteiger partial charge on any atom is 0.154 e. The lowest BCUT2D eigenvalue weighted by molar-refractivity contribution is -0.123. The molecule has 0 aliphatic heterocycles. The zero-order valence-corrected chi connectivity index (χ0v) is 13.7. The molecule has 1 unspecified atom stereocenters. The van der Waals surface area contributed by atoms with Crippen molar-refractivity contribution in [3.05, 3.63) is 34.9 Å². The third-order valence-corrected chi connectivity index (χ3v) is 4.11. The van der Waals surface area contributed by atoms with E-state index in [0.29, 0.717) is 12.2 Å². The lowest BCUT2D eigenvalue weighted by Gasteiger charge is -2.29. The van der Waals surface area contributed by atoms with Crippen molar-refractivity contribution in [3.8, 4) is 0 Å². The Balaban J connectivity index is 2.87. The van der Waals surface area contributed by atoms with Crippen LogP contribution in [0, 0.1) is 13.8 Å². The van der Waals surface area contributed by atoms with Crippen LogP contribution in [0.3, 0.4) is 0 Å². The van der Waals surface area contributed by atoms with Gasteiger partial charge in [-0.25, -0.2) is 0 Å². The molecule has 2 heteroatoms. The molecule has 0 N–H and O–H groups in total. The minimum atomic E-state index is 0.0685. The minimum Gasteiger partial charge on any atom is -0.298 e. The molecule has 0 saturated carbocycles. The van der Waals surface area contributed by atoms with Crippen LogP contribution in [0.25, 0.3) is 0 Å². The third kappa shape index (κ3) is 4.17. The molecule has 1 atom stereocenters. The molecule has 2 nitrogen and oxygen atoms in total. The van der Waals surface area contributed by atoms with Crippen LogP contribution in [0.5, 0.6) is 0 Å². The van der Waals surface area contributed by atoms with Gasteiger partial charge in [-0.1, -0.05) is 39.0 Å². The molecule has 0 saturated heterocycles. The number of hydrogen-bond donors (Lipinski definition) is 0. The summed E-state index contributed by atoms with van der Waals surface area (Å²) in [6, 6.07) is 6.32. The van der Waals surface area contributed by atoms with Crippen molar-refractivity contribution in [3.63, 3.8) is 0 Å². The van der Waals surface area contributed by atoms with E-state index in [4.69, 9.17) is 0 Å². The number of aryl methyl sites for hydroxylation is 2. The van der Waals surface area contributed by atoms with Gasteiger partial charge in [0.15, 0.2) is 5.78 Å². The molecule has 0 spiro atoms. The maximum atomic E-state index is 12.7. The third-order valence-electron chi connectivity index (χ3n) is 4.11. The van der Waals surface area contributed by atoms with E-state index in [1.165, 1.54) is 16.7 Å². The topological polar surface area (TPSA) is 20.3 Å². The van der Waals surface area contributed by atoms with Crippen molar-refractivity contribution >= 4 is 5.78 Å². The van der Waals surface area contributed by atoms with Crippen molar-refractivity contribution in [1.29, 1.82) is 0 Å². The van der Waals surface area contributed by atoms with E-state index in [2.05, 4.69) is 57.7 Å². The molecule has 0 bridgehead atoms. The summed E-state index contributed by atoms with van der Waals surface area (Å²) in [6.07, 6.45) is 2.57. The molecule has 0 aliphatic rings. The van der Waals surface area contributed by atoms with E-state index in [9.17, 15) is 4.79 Å². The molecule has 0 aromatic heterocycles. The highest BCUT2D eigenvalue weighted by molar-refractivity contribution is 5.86. The van der Waals surface area contributed by atoms with Crippen molar-refractivity contribution in [2.24, 2.45) is 0 Å². The van der Waals surface area contributed by atoms with Crippen molar-refractivity contribution < 1.29 is 4.79 Å². The first-order valence-corrected chi connectivity index (χ1v) is 7.86. The van der Waals surface area contributed by atoms with Crippen LogP contribution < -0.4 is 0 Å². The highest BCUT2D eigenvalue weighted by Gasteiger charge is 2.23. The fraction of sp³-hybridized carbons (Fsp3) is 0.611. The molecule has 112 valence electrons. The summed E-state index contributed by atoms with van der Waals surface area (Å²) in [5.41, 5.74) is 3.67. The Labute approximate surface area is 124 Å². The largest absolute Gasteiger partial charge is 0.298 e. The second kappa shape index (κ2) is 8.21. The summed E-state index contributed by atoms with van der Waals surface area (Å²) in [6.45, 7) is 12.6. The molecular weight excluding hydrogens is 246 g/mol. The van der Waals surface area contributed by atoms with Gasteiger partial charge >= 0.3 is 0 Å². The summed E-state index contributed by atoms with van der Waals surface area (Å²) >= 11 is 0. The molecule has 0 fully saturated rings.